The minimum absolute atomic E-state index is 0. The zero-order valence-corrected chi connectivity index (χ0v) is 4.85. The number of hydrogen-bond donors (Lipinski definition) is 1. The lowest BCUT2D eigenvalue weighted by molar-refractivity contribution is -0.0432. The normalized spacial score (nSPS) is 11.0. The van der Waals surface area contributed by atoms with Gasteiger partial charge in [0.2, 0.25) is 0 Å². The molecule has 0 fully saturated rings. The highest BCUT2D eigenvalue weighted by Crippen LogP contribution is 1.92. The van der Waals surface area contributed by atoms with E-state index in [1.165, 1.54) is 0 Å². The maximum atomic E-state index is 8.15. The molecular weight excluding hydrogens is 116 g/mol. The molecule has 0 saturated heterocycles. The predicted octanol–water partition coefficient (Wildman–Crippen LogP) is 2.02. The summed E-state index contributed by atoms with van der Waals surface area (Å²) in [5, 5.41) is 8.15. The van der Waals surface area contributed by atoms with Crippen molar-refractivity contribution in [2.45, 2.75) is 41.2 Å². The molecule has 0 rings (SSSR count). The number of aliphatic hydroxyl groups excluding tert-OH is 1. The van der Waals surface area contributed by atoms with E-state index >= 15 is 0 Å². The third-order valence-corrected chi connectivity index (χ3v) is 0.934. The van der Waals surface area contributed by atoms with Gasteiger partial charge in [0.1, 0.15) is 6.79 Å². The quantitative estimate of drug-likeness (QED) is 0.601. The molecule has 0 bridgehead atoms. The van der Waals surface area contributed by atoms with E-state index in [0.717, 1.165) is 6.42 Å². The molecule has 0 radical (unpaired) electrons. The topological polar surface area (TPSA) is 29.5 Å². The standard InChI is InChI=1S/C5H12O2.2CH4/c1-3-5(2)7-4-6;;/h5-6H,3-4H2,1-2H3;2*1H4. The van der Waals surface area contributed by atoms with E-state index in [4.69, 9.17) is 9.84 Å². The van der Waals surface area contributed by atoms with Crippen molar-refractivity contribution in [1.29, 1.82) is 0 Å². The highest BCUT2D eigenvalue weighted by molar-refractivity contribution is 4.39. The van der Waals surface area contributed by atoms with Gasteiger partial charge in [-0.25, -0.2) is 0 Å². The van der Waals surface area contributed by atoms with Gasteiger partial charge in [0.25, 0.3) is 0 Å². The summed E-state index contributed by atoms with van der Waals surface area (Å²) in [6.45, 7) is 3.78. The van der Waals surface area contributed by atoms with Crippen molar-refractivity contribution in [3.05, 3.63) is 0 Å². The van der Waals surface area contributed by atoms with Crippen LogP contribution in [0, 0.1) is 0 Å². The van der Waals surface area contributed by atoms with Crippen molar-refractivity contribution in [2.24, 2.45) is 0 Å². The molecule has 60 valence electrons. The lowest BCUT2D eigenvalue weighted by Crippen LogP contribution is -2.06. The number of rotatable bonds is 3. The fourth-order valence-corrected chi connectivity index (χ4v) is 0.245. The Morgan fingerprint density at radius 1 is 1.44 bits per heavy atom. The molecule has 9 heavy (non-hydrogen) atoms. The maximum absolute atomic E-state index is 8.15. The highest BCUT2D eigenvalue weighted by atomic mass is 16.6. The fourth-order valence-electron chi connectivity index (χ4n) is 0.245. The van der Waals surface area contributed by atoms with Crippen LogP contribution in [0.25, 0.3) is 0 Å². The van der Waals surface area contributed by atoms with Gasteiger partial charge in [-0.1, -0.05) is 21.8 Å². The van der Waals surface area contributed by atoms with Crippen LogP contribution in [0.4, 0.5) is 0 Å². The van der Waals surface area contributed by atoms with Crippen LogP contribution in [-0.2, 0) is 4.74 Å². The van der Waals surface area contributed by atoms with Gasteiger partial charge in [0.05, 0.1) is 6.10 Å². The van der Waals surface area contributed by atoms with Crippen LogP contribution in [-0.4, -0.2) is 18.0 Å². The van der Waals surface area contributed by atoms with Crippen LogP contribution in [0.1, 0.15) is 35.1 Å². The van der Waals surface area contributed by atoms with Gasteiger partial charge >= 0.3 is 0 Å². The van der Waals surface area contributed by atoms with Crippen LogP contribution in [0.5, 0.6) is 0 Å². The van der Waals surface area contributed by atoms with Crippen LogP contribution in [0.3, 0.4) is 0 Å². The Balaban J connectivity index is -0.000000180. The van der Waals surface area contributed by atoms with E-state index in [-0.39, 0.29) is 27.8 Å². The summed E-state index contributed by atoms with van der Waals surface area (Å²) in [5.74, 6) is 0. The molecule has 0 aliphatic rings. The average Bonchev–Trinajstić information content (AvgIpc) is 1.68. The molecule has 0 aromatic heterocycles. The third-order valence-electron chi connectivity index (χ3n) is 0.934. The smallest absolute Gasteiger partial charge is 0.143 e. The van der Waals surface area contributed by atoms with Gasteiger partial charge < -0.3 is 9.84 Å². The molecule has 0 aliphatic heterocycles. The van der Waals surface area contributed by atoms with Gasteiger partial charge in [-0.15, -0.1) is 0 Å². The summed E-state index contributed by atoms with van der Waals surface area (Å²) >= 11 is 0. The molecule has 0 saturated carbocycles. The van der Waals surface area contributed by atoms with Gasteiger partial charge in [-0.2, -0.15) is 0 Å². The summed E-state index contributed by atoms with van der Waals surface area (Å²) in [4.78, 5) is 0. The summed E-state index contributed by atoms with van der Waals surface area (Å²) in [7, 11) is 0. The van der Waals surface area contributed by atoms with Crippen molar-refractivity contribution in [2.75, 3.05) is 6.79 Å². The summed E-state index contributed by atoms with van der Waals surface area (Å²) in [6, 6.07) is 0. The molecule has 1 unspecified atom stereocenters. The molecule has 1 N–H and O–H groups in total. The molecule has 0 aromatic carbocycles. The second-order valence-corrected chi connectivity index (χ2v) is 1.51. The molecule has 0 amide bonds. The van der Waals surface area contributed by atoms with Gasteiger partial charge in [0, 0.05) is 0 Å². The van der Waals surface area contributed by atoms with Gasteiger partial charge in [-0.3, -0.25) is 0 Å². The first kappa shape index (κ1) is 16.0. The van der Waals surface area contributed by atoms with Crippen LogP contribution in [0.15, 0.2) is 0 Å². The number of hydrogen-bond acceptors (Lipinski definition) is 2. The average molecular weight is 136 g/mol. The molecule has 1 atom stereocenters. The van der Waals surface area contributed by atoms with E-state index in [0.29, 0.717) is 0 Å². The lowest BCUT2D eigenvalue weighted by atomic mass is 10.3. The van der Waals surface area contributed by atoms with Gasteiger partial charge in [-0.05, 0) is 13.3 Å². The molecule has 0 aliphatic carbocycles. The van der Waals surface area contributed by atoms with Crippen molar-refractivity contribution in [3.63, 3.8) is 0 Å². The Bertz CT molecular complexity index is 37.9. The van der Waals surface area contributed by atoms with Crippen molar-refractivity contribution >= 4 is 0 Å². The fraction of sp³-hybridized carbons (Fsp3) is 1.00. The van der Waals surface area contributed by atoms with E-state index in [9.17, 15) is 0 Å². The Labute approximate surface area is 58.8 Å². The first-order valence-electron chi connectivity index (χ1n) is 2.53. The van der Waals surface area contributed by atoms with E-state index in [1.54, 1.807) is 0 Å². The first-order valence-corrected chi connectivity index (χ1v) is 2.53. The molecule has 0 heterocycles. The van der Waals surface area contributed by atoms with Gasteiger partial charge in [0.15, 0.2) is 0 Å². The summed E-state index contributed by atoms with van der Waals surface area (Å²) in [6.07, 6.45) is 1.16. The monoisotopic (exact) mass is 136 g/mol. The van der Waals surface area contributed by atoms with E-state index in [1.807, 2.05) is 13.8 Å². The minimum atomic E-state index is -0.158. The third kappa shape index (κ3) is 11.5. The van der Waals surface area contributed by atoms with Crippen LogP contribution < -0.4 is 0 Å². The second-order valence-electron chi connectivity index (χ2n) is 1.51. The Morgan fingerprint density at radius 2 is 1.89 bits per heavy atom. The number of ether oxygens (including phenoxy) is 1. The first-order chi connectivity index (χ1) is 3.31. The van der Waals surface area contributed by atoms with Crippen LogP contribution >= 0.6 is 0 Å². The zero-order valence-electron chi connectivity index (χ0n) is 4.85. The van der Waals surface area contributed by atoms with Crippen molar-refractivity contribution in [3.8, 4) is 0 Å². The second kappa shape index (κ2) is 10.8. The van der Waals surface area contributed by atoms with Crippen molar-refractivity contribution < 1.29 is 9.84 Å². The molecule has 2 heteroatoms. The Morgan fingerprint density at radius 3 is 2.00 bits per heavy atom. The SMILES string of the molecule is C.C.CCC(C)OCO. The maximum Gasteiger partial charge on any atom is 0.143 e. The van der Waals surface area contributed by atoms with E-state index < -0.39 is 0 Å². The highest BCUT2D eigenvalue weighted by Gasteiger charge is 1.92. The molecule has 0 aromatic rings. The molecule has 2 nitrogen and oxygen atoms in total. The largest absolute Gasteiger partial charge is 0.371 e. The number of aliphatic hydroxyl groups is 1. The predicted molar refractivity (Wildman–Crippen MR) is 41.4 cm³/mol. The summed E-state index contributed by atoms with van der Waals surface area (Å²) in [5.41, 5.74) is 0. The van der Waals surface area contributed by atoms with Crippen molar-refractivity contribution in [1.82, 2.24) is 0 Å². The Hall–Kier alpha value is -0.0800. The summed E-state index contributed by atoms with van der Waals surface area (Å²) < 4.78 is 4.75. The molecule has 0 spiro atoms. The van der Waals surface area contributed by atoms with E-state index in [2.05, 4.69) is 0 Å². The minimum Gasteiger partial charge on any atom is -0.371 e. The lowest BCUT2D eigenvalue weighted by Gasteiger charge is -2.04. The molecular formula is C7H20O2. The van der Waals surface area contributed by atoms with Crippen LogP contribution in [0.2, 0.25) is 0 Å². The zero-order chi connectivity index (χ0) is 5.70. The Kier molecular flexibility index (Phi) is 19.2.